The third-order valence-electron chi connectivity index (χ3n) is 6.63. The molecule has 18 heteroatoms. The van der Waals surface area contributed by atoms with Crippen molar-refractivity contribution in [1.29, 1.82) is 0 Å². The molecule has 0 aliphatic rings. The summed E-state index contributed by atoms with van der Waals surface area (Å²) in [7, 11) is 0. The van der Waals surface area contributed by atoms with Crippen molar-refractivity contribution in [3.8, 4) is 0 Å². The molecule has 0 saturated heterocycles. The van der Waals surface area contributed by atoms with Crippen LogP contribution in [0.25, 0.3) is 10.4 Å². The van der Waals surface area contributed by atoms with Gasteiger partial charge in [0.2, 0.25) is 17.7 Å². The number of carbonyl (C=O) groups excluding carboxylic acids is 5. The second-order valence-electron chi connectivity index (χ2n) is 10.9. The van der Waals surface area contributed by atoms with E-state index >= 15 is 0 Å². The molecule has 2 atom stereocenters. The predicted molar refractivity (Wildman–Crippen MR) is 182 cm³/mol. The van der Waals surface area contributed by atoms with Gasteiger partial charge in [0.15, 0.2) is 0 Å². The van der Waals surface area contributed by atoms with E-state index in [0.29, 0.717) is 57.3 Å². The first-order valence-corrected chi connectivity index (χ1v) is 16.2. The van der Waals surface area contributed by atoms with Gasteiger partial charge in [-0.1, -0.05) is 37.7 Å². The fourth-order valence-electron chi connectivity index (χ4n) is 4.03. The van der Waals surface area contributed by atoms with E-state index < -0.39 is 41.8 Å². The maximum absolute atomic E-state index is 13.3. The average molecular weight is 707 g/mol. The van der Waals surface area contributed by atoms with Crippen molar-refractivity contribution < 1.29 is 47.7 Å². The monoisotopic (exact) mass is 706 g/mol. The standard InChI is InChI=1S/C32H50N8O10/c1-4-28(42)50-22-24-7-9-25(10-8-24)37-30(43)26(6-5-12-35-32(33)45)38-31(44)29(23(2)3)39-27(41)11-14-46-16-18-48-20-21-49-19-17-47-15-13-36-40-34/h4,7-10,23,26,29H,1,5-6,11-22H2,2-3H3,(H,37,43)(H,38,44)(H,39,41)(H3,33,35,45). The molecule has 278 valence electrons. The Balaban J connectivity index is 2.53. The Kier molecular flexibility index (Phi) is 23.5. The number of hydrogen-bond acceptors (Lipinski definition) is 11. The SMILES string of the molecule is C=CC(=O)OCc1ccc(NC(=O)C(CCCNC(N)=O)NC(=O)C(NC(=O)CCOCCOCCOCCOCCN=[N+]=[N-])C(C)C)cc1. The smallest absolute Gasteiger partial charge is 0.330 e. The number of azide groups is 1. The van der Waals surface area contributed by atoms with Crippen LogP contribution in [-0.2, 0) is 49.5 Å². The van der Waals surface area contributed by atoms with E-state index in [0.717, 1.165) is 6.08 Å². The van der Waals surface area contributed by atoms with E-state index in [1.54, 1.807) is 38.1 Å². The van der Waals surface area contributed by atoms with Gasteiger partial charge in [-0.15, -0.1) is 0 Å². The Hall–Kier alpha value is -4.74. The highest BCUT2D eigenvalue weighted by Gasteiger charge is 2.28. The second-order valence-corrected chi connectivity index (χ2v) is 10.9. The molecule has 0 bridgehead atoms. The van der Waals surface area contributed by atoms with Gasteiger partial charge in [-0.3, -0.25) is 14.4 Å². The van der Waals surface area contributed by atoms with Gasteiger partial charge in [0.05, 0.1) is 52.9 Å². The van der Waals surface area contributed by atoms with Crippen molar-refractivity contribution in [2.75, 3.05) is 71.3 Å². The number of benzene rings is 1. The number of nitrogens with two attached hydrogens (primary N) is 1. The molecule has 6 N–H and O–H groups in total. The second kappa shape index (κ2) is 27.1. The van der Waals surface area contributed by atoms with Gasteiger partial charge in [0.1, 0.15) is 18.7 Å². The van der Waals surface area contributed by atoms with Gasteiger partial charge in [-0.2, -0.15) is 0 Å². The summed E-state index contributed by atoms with van der Waals surface area (Å²) in [6.07, 6.45) is 1.57. The van der Waals surface area contributed by atoms with Gasteiger partial charge in [0.25, 0.3) is 0 Å². The van der Waals surface area contributed by atoms with Crippen LogP contribution in [0.4, 0.5) is 10.5 Å². The first kappa shape index (κ1) is 43.3. The van der Waals surface area contributed by atoms with Crippen molar-refractivity contribution >= 4 is 35.4 Å². The molecule has 0 aromatic heterocycles. The van der Waals surface area contributed by atoms with Gasteiger partial charge in [-0.05, 0) is 42.0 Å². The van der Waals surface area contributed by atoms with E-state index in [9.17, 15) is 24.0 Å². The van der Waals surface area contributed by atoms with Crippen LogP contribution in [0.3, 0.4) is 0 Å². The van der Waals surface area contributed by atoms with Crippen LogP contribution in [0.1, 0.15) is 38.7 Å². The zero-order valence-electron chi connectivity index (χ0n) is 28.7. The van der Waals surface area contributed by atoms with Gasteiger partial charge in [0, 0.05) is 36.2 Å². The number of ether oxygens (including phenoxy) is 5. The van der Waals surface area contributed by atoms with Gasteiger partial charge >= 0.3 is 12.0 Å². The number of carbonyl (C=O) groups is 5. The molecule has 0 saturated carbocycles. The minimum Gasteiger partial charge on any atom is -0.458 e. The highest BCUT2D eigenvalue weighted by atomic mass is 16.6. The number of esters is 1. The largest absolute Gasteiger partial charge is 0.458 e. The van der Waals surface area contributed by atoms with Crippen LogP contribution in [0.5, 0.6) is 0 Å². The first-order chi connectivity index (χ1) is 24.1. The summed E-state index contributed by atoms with van der Waals surface area (Å²) in [5.74, 6) is -2.32. The van der Waals surface area contributed by atoms with Crippen molar-refractivity contribution in [2.45, 2.75) is 51.8 Å². The molecule has 1 aromatic carbocycles. The van der Waals surface area contributed by atoms with E-state index in [2.05, 4.69) is 37.9 Å². The lowest BCUT2D eigenvalue weighted by atomic mass is 10.0. The minimum atomic E-state index is -0.999. The molecule has 1 rings (SSSR count). The average Bonchev–Trinajstić information content (AvgIpc) is 3.09. The third-order valence-corrected chi connectivity index (χ3v) is 6.63. The quantitative estimate of drug-likeness (QED) is 0.0210. The van der Waals surface area contributed by atoms with E-state index in [-0.39, 0.29) is 51.7 Å². The molecular weight excluding hydrogens is 656 g/mol. The molecule has 5 amide bonds. The molecule has 2 unspecified atom stereocenters. The number of rotatable bonds is 28. The summed E-state index contributed by atoms with van der Waals surface area (Å²) in [5.41, 5.74) is 14.4. The Labute approximate surface area is 291 Å². The zero-order chi connectivity index (χ0) is 37.0. The Morgan fingerprint density at radius 1 is 0.900 bits per heavy atom. The summed E-state index contributed by atoms with van der Waals surface area (Å²) in [5, 5.41) is 14.0. The summed E-state index contributed by atoms with van der Waals surface area (Å²) < 4.78 is 26.4. The Morgan fingerprint density at radius 2 is 1.50 bits per heavy atom. The van der Waals surface area contributed by atoms with Crippen molar-refractivity contribution in [1.82, 2.24) is 16.0 Å². The highest BCUT2D eigenvalue weighted by molar-refractivity contribution is 5.98. The molecule has 0 radical (unpaired) electrons. The van der Waals surface area contributed by atoms with Crippen LogP contribution in [0.2, 0.25) is 0 Å². The number of primary amides is 1. The van der Waals surface area contributed by atoms with Crippen LogP contribution >= 0.6 is 0 Å². The molecule has 0 aliphatic carbocycles. The molecule has 0 spiro atoms. The Bertz CT molecular complexity index is 1240. The number of hydrogen-bond donors (Lipinski definition) is 5. The summed E-state index contributed by atoms with van der Waals surface area (Å²) >= 11 is 0. The Morgan fingerprint density at radius 3 is 2.06 bits per heavy atom. The third kappa shape index (κ3) is 21.3. The molecular formula is C32H50N8O10. The fraction of sp³-hybridized carbons (Fsp3) is 0.594. The van der Waals surface area contributed by atoms with Gasteiger partial charge in [-0.25, -0.2) is 9.59 Å². The maximum Gasteiger partial charge on any atom is 0.330 e. The molecule has 50 heavy (non-hydrogen) atoms. The van der Waals surface area contributed by atoms with E-state index in [1.165, 1.54) is 0 Å². The predicted octanol–water partition coefficient (Wildman–Crippen LogP) is 1.70. The van der Waals surface area contributed by atoms with Crippen molar-refractivity contribution in [2.24, 2.45) is 16.8 Å². The number of anilines is 1. The number of urea groups is 1. The van der Waals surface area contributed by atoms with Gasteiger partial charge < -0.3 is 50.7 Å². The van der Waals surface area contributed by atoms with Crippen LogP contribution in [0, 0.1) is 5.92 Å². The van der Waals surface area contributed by atoms with Crippen molar-refractivity contribution in [3.63, 3.8) is 0 Å². The van der Waals surface area contributed by atoms with Crippen molar-refractivity contribution in [3.05, 3.63) is 52.9 Å². The lowest BCUT2D eigenvalue weighted by Crippen LogP contribution is -2.54. The molecule has 0 fully saturated rings. The van der Waals surface area contributed by atoms with Crippen LogP contribution in [0.15, 0.2) is 42.0 Å². The van der Waals surface area contributed by atoms with Crippen LogP contribution in [-0.4, -0.2) is 108 Å². The number of nitrogens with one attached hydrogen (secondary N) is 4. The molecule has 18 nitrogen and oxygen atoms in total. The molecule has 0 heterocycles. The lowest BCUT2D eigenvalue weighted by molar-refractivity contribution is -0.139. The first-order valence-electron chi connectivity index (χ1n) is 16.2. The highest BCUT2D eigenvalue weighted by Crippen LogP contribution is 2.13. The molecule has 1 aromatic rings. The normalized spacial score (nSPS) is 11.8. The fourth-order valence-corrected chi connectivity index (χ4v) is 4.03. The lowest BCUT2D eigenvalue weighted by Gasteiger charge is -2.25. The number of nitrogens with zero attached hydrogens (tertiary/aromatic N) is 3. The van der Waals surface area contributed by atoms with Crippen LogP contribution < -0.4 is 27.0 Å². The molecule has 0 aliphatic heterocycles. The summed E-state index contributed by atoms with van der Waals surface area (Å²) in [6, 6.07) is 3.95. The maximum atomic E-state index is 13.3. The minimum absolute atomic E-state index is 0.00474. The summed E-state index contributed by atoms with van der Waals surface area (Å²) in [4.78, 5) is 64.2. The summed E-state index contributed by atoms with van der Waals surface area (Å²) in [6.45, 7) is 9.87. The topological polar surface area (TPSA) is 254 Å². The van der Waals surface area contributed by atoms with E-state index in [1.807, 2.05) is 0 Å². The zero-order valence-corrected chi connectivity index (χ0v) is 28.7. The number of amides is 5. The van der Waals surface area contributed by atoms with E-state index in [4.69, 9.17) is 34.9 Å².